The molecular weight excluding hydrogens is 358 g/mol. The Hall–Kier alpha value is -1.71. The van der Waals surface area contributed by atoms with Crippen LogP contribution in [0.25, 0.3) is 0 Å². The van der Waals surface area contributed by atoms with Gasteiger partial charge in [-0.1, -0.05) is 0 Å². The van der Waals surface area contributed by atoms with E-state index in [1.807, 2.05) is 0 Å². The van der Waals surface area contributed by atoms with Crippen molar-refractivity contribution >= 4 is 15.9 Å². The number of ether oxygens (including phenoxy) is 2. The topological polar surface area (TPSA) is 89.0 Å². The zero-order valence-electron chi connectivity index (χ0n) is 15.0. The van der Waals surface area contributed by atoms with E-state index in [9.17, 15) is 13.2 Å². The van der Waals surface area contributed by atoms with E-state index in [0.717, 1.165) is 26.1 Å². The highest BCUT2D eigenvalue weighted by molar-refractivity contribution is 7.88. The first kappa shape index (κ1) is 19.1. The van der Waals surface area contributed by atoms with Gasteiger partial charge in [0.2, 0.25) is 15.9 Å². The lowest BCUT2D eigenvalue weighted by molar-refractivity contribution is 0.0490. The predicted molar refractivity (Wildman–Crippen MR) is 95.6 cm³/mol. The molecule has 2 saturated heterocycles. The number of hydrogen-bond donors (Lipinski definition) is 0. The molecule has 0 bridgehead atoms. The number of hydrogen-bond acceptors (Lipinski definition) is 6. The number of nitrogens with zero attached hydrogens (tertiary/aromatic N) is 3. The Labute approximate surface area is 154 Å². The third-order valence-electron chi connectivity index (χ3n) is 4.79. The van der Waals surface area contributed by atoms with Gasteiger partial charge < -0.3 is 14.4 Å². The Kier molecular flexibility index (Phi) is 6.10. The third-order valence-corrected chi connectivity index (χ3v) is 6.09. The lowest BCUT2D eigenvalue weighted by Crippen LogP contribution is -2.50. The number of carbonyl (C=O) groups is 1. The van der Waals surface area contributed by atoms with Crippen molar-refractivity contribution in [3.8, 4) is 5.88 Å². The van der Waals surface area contributed by atoms with Gasteiger partial charge in [-0.25, -0.2) is 13.4 Å². The second kappa shape index (κ2) is 8.32. The van der Waals surface area contributed by atoms with E-state index < -0.39 is 10.0 Å². The summed E-state index contributed by atoms with van der Waals surface area (Å²) in [6.45, 7) is 3.58. The maximum Gasteiger partial charge on any atom is 0.255 e. The monoisotopic (exact) mass is 383 g/mol. The van der Waals surface area contributed by atoms with Crippen LogP contribution in [0.4, 0.5) is 0 Å². The fourth-order valence-corrected chi connectivity index (χ4v) is 3.94. The van der Waals surface area contributed by atoms with E-state index in [2.05, 4.69) is 4.98 Å². The molecule has 0 spiro atoms. The molecular formula is C17H25N3O5S. The normalized spacial score (nSPS) is 20.1. The number of pyridine rings is 1. The summed E-state index contributed by atoms with van der Waals surface area (Å²) in [5, 5.41) is 0. The van der Waals surface area contributed by atoms with E-state index in [1.165, 1.54) is 16.8 Å². The molecule has 2 aliphatic rings. The minimum absolute atomic E-state index is 0.137. The molecule has 0 atom stereocenters. The lowest BCUT2D eigenvalue weighted by Gasteiger charge is -2.33. The minimum atomic E-state index is -3.20. The summed E-state index contributed by atoms with van der Waals surface area (Å²) in [4.78, 5) is 18.4. The van der Waals surface area contributed by atoms with E-state index in [4.69, 9.17) is 9.47 Å². The molecule has 0 N–H and O–H groups in total. The van der Waals surface area contributed by atoms with E-state index in [-0.39, 0.29) is 5.91 Å². The van der Waals surface area contributed by atoms with E-state index >= 15 is 0 Å². The molecule has 9 heteroatoms. The predicted octanol–water partition coefficient (Wildman–Crippen LogP) is 0.604. The number of piperazine rings is 1. The molecule has 8 nitrogen and oxygen atoms in total. The second-order valence-corrected chi connectivity index (χ2v) is 8.69. The van der Waals surface area contributed by atoms with Gasteiger partial charge in [-0.3, -0.25) is 4.79 Å². The van der Waals surface area contributed by atoms with Crippen LogP contribution in [-0.2, 0) is 14.8 Å². The van der Waals surface area contributed by atoms with Crippen molar-refractivity contribution in [3.63, 3.8) is 0 Å². The molecule has 0 radical (unpaired) electrons. The summed E-state index contributed by atoms with van der Waals surface area (Å²) < 4.78 is 35.5. The average molecular weight is 383 g/mol. The van der Waals surface area contributed by atoms with Gasteiger partial charge in [0.25, 0.3) is 5.91 Å². The van der Waals surface area contributed by atoms with Gasteiger partial charge in [-0.05, 0) is 24.8 Å². The summed E-state index contributed by atoms with van der Waals surface area (Å²) in [5.41, 5.74) is 0.483. The van der Waals surface area contributed by atoms with Crippen LogP contribution < -0.4 is 4.74 Å². The third kappa shape index (κ3) is 4.93. The molecule has 2 aliphatic heterocycles. The quantitative estimate of drug-likeness (QED) is 0.740. The Morgan fingerprint density at radius 3 is 2.50 bits per heavy atom. The highest BCUT2D eigenvalue weighted by atomic mass is 32.2. The smallest absolute Gasteiger partial charge is 0.255 e. The minimum Gasteiger partial charge on any atom is -0.477 e. The molecule has 0 unspecified atom stereocenters. The summed E-state index contributed by atoms with van der Waals surface area (Å²) in [6, 6.07) is 3.41. The molecule has 1 aromatic heterocycles. The van der Waals surface area contributed by atoms with E-state index in [0.29, 0.717) is 50.1 Å². The van der Waals surface area contributed by atoms with Gasteiger partial charge in [-0.2, -0.15) is 4.31 Å². The van der Waals surface area contributed by atoms with Crippen LogP contribution in [0.15, 0.2) is 18.3 Å². The van der Waals surface area contributed by atoms with Crippen molar-refractivity contribution in [1.29, 1.82) is 0 Å². The lowest BCUT2D eigenvalue weighted by atomic mass is 10.0. The standard InChI is InChI=1S/C17H25N3O5S/c1-26(22,23)20-8-6-19(7-9-20)17(21)15-2-3-16(18-12-15)25-13-14-4-10-24-11-5-14/h2-3,12,14H,4-11,13H2,1H3. The van der Waals surface area contributed by atoms with Gasteiger partial charge in [0.1, 0.15) is 0 Å². The van der Waals surface area contributed by atoms with Crippen LogP contribution in [0, 0.1) is 5.92 Å². The Morgan fingerprint density at radius 2 is 1.92 bits per heavy atom. The van der Waals surface area contributed by atoms with Gasteiger partial charge in [0, 0.05) is 51.7 Å². The fraction of sp³-hybridized carbons (Fsp3) is 0.647. The second-order valence-electron chi connectivity index (χ2n) is 6.71. The number of amides is 1. The fourth-order valence-electron chi connectivity index (χ4n) is 3.11. The molecule has 0 aromatic carbocycles. The van der Waals surface area contributed by atoms with Crippen LogP contribution in [-0.4, -0.2) is 80.8 Å². The van der Waals surface area contributed by atoms with Crippen LogP contribution >= 0.6 is 0 Å². The van der Waals surface area contributed by atoms with Crippen molar-refractivity contribution in [2.45, 2.75) is 12.8 Å². The van der Waals surface area contributed by atoms with Crippen molar-refractivity contribution in [2.24, 2.45) is 5.92 Å². The van der Waals surface area contributed by atoms with E-state index in [1.54, 1.807) is 17.0 Å². The Bertz CT molecular complexity index is 708. The zero-order chi connectivity index (χ0) is 18.6. The molecule has 1 aromatic rings. The maximum absolute atomic E-state index is 12.5. The van der Waals surface area contributed by atoms with Crippen LogP contribution in [0.1, 0.15) is 23.2 Å². The first-order valence-electron chi connectivity index (χ1n) is 8.84. The summed E-state index contributed by atoms with van der Waals surface area (Å²) in [6.07, 6.45) is 4.70. The number of aromatic nitrogens is 1. The van der Waals surface area contributed by atoms with Gasteiger partial charge in [0.05, 0.1) is 18.4 Å². The van der Waals surface area contributed by atoms with Gasteiger partial charge >= 0.3 is 0 Å². The van der Waals surface area contributed by atoms with Crippen LogP contribution in [0.2, 0.25) is 0 Å². The molecule has 3 heterocycles. The highest BCUT2D eigenvalue weighted by Gasteiger charge is 2.26. The first-order valence-corrected chi connectivity index (χ1v) is 10.7. The number of sulfonamides is 1. The first-order chi connectivity index (χ1) is 12.4. The number of rotatable bonds is 5. The van der Waals surface area contributed by atoms with Crippen molar-refractivity contribution < 1.29 is 22.7 Å². The van der Waals surface area contributed by atoms with Crippen molar-refractivity contribution in [1.82, 2.24) is 14.2 Å². The van der Waals surface area contributed by atoms with Crippen molar-refractivity contribution in [2.75, 3.05) is 52.3 Å². The van der Waals surface area contributed by atoms with Crippen LogP contribution in [0.5, 0.6) is 5.88 Å². The average Bonchev–Trinajstić information content (AvgIpc) is 2.66. The molecule has 0 aliphatic carbocycles. The molecule has 144 valence electrons. The molecule has 1 amide bonds. The summed E-state index contributed by atoms with van der Waals surface area (Å²) in [5.74, 6) is 0.856. The maximum atomic E-state index is 12.5. The molecule has 0 saturated carbocycles. The Morgan fingerprint density at radius 1 is 1.23 bits per heavy atom. The highest BCUT2D eigenvalue weighted by Crippen LogP contribution is 2.17. The zero-order valence-corrected chi connectivity index (χ0v) is 15.8. The molecule has 3 rings (SSSR count). The number of carbonyl (C=O) groups excluding carboxylic acids is 1. The molecule has 26 heavy (non-hydrogen) atoms. The van der Waals surface area contributed by atoms with Gasteiger partial charge in [-0.15, -0.1) is 0 Å². The summed E-state index contributed by atoms with van der Waals surface area (Å²) >= 11 is 0. The SMILES string of the molecule is CS(=O)(=O)N1CCN(C(=O)c2ccc(OCC3CCOCC3)nc2)CC1. The molecule has 2 fully saturated rings. The van der Waals surface area contributed by atoms with Crippen LogP contribution in [0.3, 0.4) is 0 Å². The van der Waals surface area contributed by atoms with Crippen molar-refractivity contribution in [3.05, 3.63) is 23.9 Å². The largest absolute Gasteiger partial charge is 0.477 e. The Balaban J connectivity index is 1.51. The summed E-state index contributed by atoms with van der Waals surface area (Å²) in [7, 11) is -3.20. The van der Waals surface area contributed by atoms with Gasteiger partial charge in [0.15, 0.2) is 0 Å².